The molecule has 0 saturated heterocycles. The lowest BCUT2D eigenvalue weighted by Crippen LogP contribution is -2.45. The molecule has 0 saturated carbocycles. The molecule has 0 aromatic heterocycles. The molecule has 2 amide bonds. The number of carbonyl (C=O) groups excluding carboxylic acids is 2. The molecule has 8 heteroatoms. The van der Waals surface area contributed by atoms with Crippen molar-refractivity contribution >= 4 is 39.3 Å². The zero-order valence-electron chi connectivity index (χ0n) is 16.8. The Morgan fingerprint density at radius 1 is 1.00 bits per heavy atom. The number of aryl methyl sites for hydroxylation is 2. The first-order chi connectivity index (χ1) is 13.7. The smallest absolute Gasteiger partial charge is 0.276 e. The van der Waals surface area contributed by atoms with Crippen LogP contribution in [0.25, 0.3) is 0 Å². The Balaban J connectivity index is 1.79. The molecular formula is C21H24BrClN2O4. The molecule has 0 aliphatic heterocycles. The second-order valence-corrected chi connectivity index (χ2v) is 8.18. The molecule has 0 bridgehead atoms. The predicted molar refractivity (Wildman–Crippen MR) is 116 cm³/mol. The minimum Gasteiger partial charge on any atom is -0.484 e. The molecule has 0 aliphatic carbocycles. The van der Waals surface area contributed by atoms with Crippen LogP contribution in [0.15, 0.2) is 34.8 Å². The Morgan fingerprint density at radius 2 is 1.55 bits per heavy atom. The van der Waals surface area contributed by atoms with Crippen molar-refractivity contribution in [2.75, 3.05) is 13.2 Å². The molecule has 29 heavy (non-hydrogen) atoms. The van der Waals surface area contributed by atoms with Gasteiger partial charge in [0.05, 0.1) is 0 Å². The van der Waals surface area contributed by atoms with Crippen molar-refractivity contribution in [2.45, 2.75) is 33.6 Å². The van der Waals surface area contributed by atoms with Crippen LogP contribution in [0, 0.1) is 13.8 Å². The highest BCUT2D eigenvalue weighted by Gasteiger charge is 2.12. The normalized spacial score (nSPS) is 10.6. The van der Waals surface area contributed by atoms with Crippen molar-refractivity contribution in [1.29, 1.82) is 0 Å². The summed E-state index contributed by atoms with van der Waals surface area (Å²) in [7, 11) is 0. The Bertz CT molecular complexity index is 879. The van der Waals surface area contributed by atoms with Gasteiger partial charge in [-0.2, -0.15) is 0 Å². The molecular weight excluding hydrogens is 460 g/mol. The summed E-state index contributed by atoms with van der Waals surface area (Å²) in [4.78, 5) is 23.8. The van der Waals surface area contributed by atoms with E-state index in [0.717, 1.165) is 21.2 Å². The van der Waals surface area contributed by atoms with Crippen LogP contribution in [-0.2, 0) is 9.59 Å². The number of hydrazine groups is 1. The van der Waals surface area contributed by atoms with E-state index in [9.17, 15) is 9.59 Å². The Morgan fingerprint density at radius 3 is 2.10 bits per heavy atom. The topological polar surface area (TPSA) is 76.7 Å². The number of benzene rings is 2. The summed E-state index contributed by atoms with van der Waals surface area (Å²) < 4.78 is 12.0. The van der Waals surface area contributed by atoms with Gasteiger partial charge >= 0.3 is 0 Å². The number of amides is 2. The fraction of sp³-hybridized carbons (Fsp3) is 0.333. The van der Waals surface area contributed by atoms with Crippen LogP contribution >= 0.6 is 27.5 Å². The fourth-order valence-corrected chi connectivity index (χ4v) is 3.08. The van der Waals surface area contributed by atoms with Crippen molar-refractivity contribution in [3.63, 3.8) is 0 Å². The van der Waals surface area contributed by atoms with E-state index in [1.807, 2.05) is 39.8 Å². The van der Waals surface area contributed by atoms with Crippen molar-refractivity contribution in [1.82, 2.24) is 10.9 Å². The minimum atomic E-state index is -0.491. The highest BCUT2D eigenvalue weighted by molar-refractivity contribution is 9.10. The van der Waals surface area contributed by atoms with Gasteiger partial charge in [-0.25, -0.2) is 0 Å². The van der Waals surface area contributed by atoms with Crippen LogP contribution in [0.3, 0.4) is 0 Å². The van der Waals surface area contributed by atoms with E-state index in [0.29, 0.717) is 16.5 Å². The first-order valence-electron chi connectivity index (χ1n) is 9.07. The zero-order chi connectivity index (χ0) is 21.6. The first-order valence-corrected chi connectivity index (χ1v) is 10.2. The Kier molecular flexibility index (Phi) is 8.34. The maximum atomic E-state index is 12.0. The summed E-state index contributed by atoms with van der Waals surface area (Å²) >= 11 is 9.54. The van der Waals surface area contributed by atoms with Crippen LogP contribution < -0.4 is 20.3 Å². The van der Waals surface area contributed by atoms with Crippen LogP contribution in [0.2, 0.25) is 5.02 Å². The van der Waals surface area contributed by atoms with E-state index in [4.69, 9.17) is 21.1 Å². The van der Waals surface area contributed by atoms with Crippen molar-refractivity contribution in [2.24, 2.45) is 0 Å². The maximum Gasteiger partial charge on any atom is 0.276 e. The number of hydrogen-bond donors (Lipinski definition) is 2. The first kappa shape index (κ1) is 23.0. The molecule has 0 atom stereocenters. The molecule has 0 fully saturated rings. The molecule has 0 aliphatic rings. The lowest BCUT2D eigenvalue weighted by molar-refractivity contribution is -0.131. The summed E-state index contributed by atoms with van der Waals surface area (Å²) in [5.41, 5.74) is 7.31. The highest BCUT2D eigenvalue weighted by atomic mass is 79.9. The number of hydrogen-bond acceptors (Lipinski definition) is 4. The van der Waals surface area contributed by atoms with Gasteiger partial charge in [0.15, 0.2) is 13.2 Å². The summed E-state index contributed by atoms with van der Waals surface area (Å²) in [6, 6.07) is 9.10. The largest absolute Gasteiger partial charge is 0.484 e. The molecule has 2 N–H and O–H groups in total. The van der Waals surface area contributed by atoms with E-state index in [1.54, 1.807) is 18.2 Å². The van der Waals surface area contributed by atoms with Gasteiger partial charge in [0.1, 0.15) is 11.5 Å². The molecule has 0 heterocycles. The third kappa shape index (κ3) is 6.94. The molecule has 2 aromatic carbocycles. The third-order valence-electron chi connectivity index (χ3n) is 4.07. The monoisotopic (exact) mass is 482 g/mol. The zero-order valence-corrected chi connectivity index (χ0v) is 19.1. The summed E-state index contributed by atoms with van der Waals surface area (Å²) in [5, 5.41) is 0.667. The van der Waals surface area contributed by atoms with Crippen molar-refractivity contribution in [3.8, 4) is 11.5 Å². The molecule has 0 unspecified atom stereocenters. The van der Waals surface area contributed by atoms with Gasteiger partial charge in [0.25, 0.3) is 11.8 Å². The van der Waals surface area contributed by atoms with E-state index in [1.165, 1.54) is 0 Å². The second kappa shape index (κ2) is 10.5. The molecule has 6 nitrogen and oxygen atoms in total. The molecule has 2 aromatic rings. The Labute approximate surface area is 184 Å². The molecule has 156 valence electrons. The van der Waals surface area contributed by atoms with Gasteiger partial charge in [0.2, 0.25) is 0 Å². The van der Waals surface area contributed by atoms with Crippen LogP contribution in [-0.4, -0.2) is 25.0 Å². The summed E-state index contributed by atoms with van der Waals surface area (Å²) in [5.74, 6) is 0.430. The number of halogens is 2. The van der Waals surface area contributed by atoms with Gasteiger partial charge in [-0.15, -0.1) is 0 Å². The Hall–Kier alpha value is -2.25. The standard InChI is InChI=1S/C21H24BrClN2O4/c1-12(2)17-9-15(22)5-6-18(17)29-11-20(27)25-24-19(26)10-28-16-7-13(3)21(23)14(4)8-16/h5-9,12H,10-11H2,1-4H3,(H,24,26)(H,25,27). The average molecular weight is 484 g/mol. The maximum absolute atomic E-state index is 12.0. The lowest BCUT2D eigenvalue weighted by atomic mass is 10.0. The van der Waals surface area contributed by atoms with Gasteiger partial charge in [-0.05, 0) is 66.8 Å². The SMILES string of the molecule is Cc1cc(OCC(=O)NNC(=O)COc2ccc(Br)cc2C(C)C)cc(C)c1Cl. The van der Waals surface area contributed by atoms with Gasteiger partial charge in [0, 0.05) is 9.50 Å². The van der Waals surface area contributed by atoms with Gasteiger partial charge < -0.3 is 9.47 Å². The van der Waals surface area contributed by atoms with Crippen molar-refractivity contribution in [3.05, 3.63) is 56.5 Å². The number of rotatable bonds is 7. The third-order valence-corrected chi connectivity index (χ3v) is 5.16. The van der Waals surface area contributed by atoms with E-state index >= 15 is 0 Å². The summed E-state index contributed by atoms with van der Waals surface area (Å²) in [6.45, 7) is 7.33. The minimum absolute atomic E-state index is 0.224. The molecule has 0 spiro atoms. The highest BCUT2D eigenvalue weighted by Crippen LogP contribution is 2.29. The number of carbonyl (C=O) groups is 2. The quantitative estimate of drug-likeness (QED) is 0.571. The van der Waals surface area contributed by atoms with Crippen LogP contribution in [0.4, 0.5) is 0 Å². The van der Waals surface area contributed by atoms with Crippen LogP contribution in [0.5, 0.6) is 11.5 Å². The average Bonchev–Trinajstić information content (AvgIpc) is 2.67. The van der Waals surface area contributed by atoms with Crippen LogP contribution in [0.1, 0.15) is 36.5 Å². The number of ether oxygens (including phenoxy) is 2. The molecule has 0 radical (unpaired) electrons. The number of nitrogens with one attached hydrogen (secondary N) is 2. The van der Waals surface area contributed by atoms with E-state index < -0.39 is 11.8 Å². The summed E-state index contributed by atoms with van der Waals surface area (Å²) in [6.07, 6.45) is 0. The van der Waals surface area contributed by atoms with E-state index in [-0.39, 0.29) is 19.1 Å². The fourth-order valence-electron chi connectivity index (χ4n) is 2.60. The van der Waals surface area contributed by atoms with Crippen molar-refractivity contribution < 1.29 is 19.1 Å². The molecule has 2 rings (SSSR count). The predicted octanol–water partition coefficient (Wildman–Crippen LogP) is 4.45. The second-order valence-electron chi connectivity index (χ2n) is 6.88. The van der Waals surface area contributed by atoms with Gasteiger partial charge in [-0.1, -0.05) is 41.4 Å². The van der Waals surface area contributed by atoms with Gasteiger partial charge in [-0.3, -0.25) is 20.4 Å². The van der Waals surface area contributed by atoms with E-state index in [2.05, 4.69) is 26.8 Å². The lowest BCUT2D eigenvalue weighted by Gasteiger charge is -2.15.